The molecule has 0 saturated heterocycles. The molecule has 128 valence electrons. The standard InChI is InChI=1S/C17H13FN2O5/c1-10-13(3-2-4-14(10)20(24)25)19-17(23)16(22)9-15(21)11-5-7-12(18)8-6-11/h2-9,21H,1H3,(H,19,23). The van der Waals surface area contributed by atoms with Crippen molar-refractivity contribution in [2.45, 2.75) is 6.92 Å². The molecule has 2 rings (SSSR count). The number of anilines is 1. The Labute approximate surface area is 141 Å². The molecule has 0 spiro atoms. The van der Waals surface area contributed by atoms with E-state index in [0.29, 0.717) is 6.08 Å². The third kappa shape index (κ3) is 4.25. The zero-order valence-electron chi connectivity index (χ0n) is 13.0. The third-order valence-corrected chi connectivity index (χ3v) is 3.38. The molecule has 8 heteroatoms. The van der Waals surface area contributed by atoms with E-state index in [-0.39, 0.29) is 22.5 Å². The minimum absolute atomic E-state index is 0.113. The lowest BCUT2D eigenvalue weighted by atomic mass is 10.1. The van der Waals surface area contributed by atoms with E-state index in [9.17, 15) is 29.2 Å². The summed E-state index contributed by atoms with van der Waals surface area (Å²) in [5.74, 6) is -3.15. The van der Waals surface area contributed by atoms with E-state index < -0.39 is 28.2 Å². The number of hydrogen-bond donors (Lipinski definition) is 2. The summed E-state index contributed by atoms with van der Waals surface area (Å²) in [6.45, 7) is 1.43. The molecule has 0 atom stereocenters. The average molecular weight is 344 g/mol. The van der Waals surface area contributed by atoms with Crippen LogP contribution in [0.4, 0.5) is 15.8 Å². The van der Waals surface area contributed by atoms with Crippen molar-refractivity contribution in [1.82, 2.24) is 0 Å². The molecule has 0 fully saturated rings. The van der Waals surface area contributed by atoms with Gasteiger partial charge in [-0.05, 0) is 37.3 Å². The van der Waals surface area contributed by atoms with Gasteiger partial charge in [0.25, 0.3) is 11.6 Å². The van der Waals surface area contributed by atoms with E-state index in [1.807, 2.05) is 0 Å². The van der Waals surface area contributed by atoms with Gasteiger partial charge in [0.2, 0.25) is 5.78 Å². The highest BCUT2D eigenvalue weighted by atomic mass is 19.1. The Morgan fingerprint density at radius 3 is 2.44 bits per heavy atom. The van der Waals surface area contributed by atoms with Gasteiger partial charge in [-0.3, -0.25) is 19.7 Å². The van der Waals surface area contributed by atoms with Gasteiger partial charge in [-0.15, -0.1) is 0 Å². The number of hydrogen-bond acceptors (Lipinski definition) is 5. The second kappa shape index (κ2) is 7.35. The third-order valence-electron chi connectivity index (χ3n) is 3.38. The van der Waals surface area contributed by atoms with Crippen LogP contribution >= 0.6 is 0 Å². The topological polar surface area (TPSA) is 110 Å². The summed E-state index contributed by atoms with van der Waals surface area (Å²) in [5.41, 5.74) is 0.270. The number of benzene rings is 2. The van der Waals surface area contributed by atoms with Gasteiger partial charge in [0.15, 0.2) is 0 Å². The number of rotatable bonds is 5. The number of aliphatic hydroxyl groups is 1. The summed E-state index contributed by atoms with van der Waals surface area (Å²) < 4.78 is 12.8. The SMILES string of the molecule is Cc1c(NC(=O)C(=O)C=C(O)c2ccc(F)cc2)cccc1[N+](=O)[O-]. The van der Waals surface area contributed by atoms with Gasteiger partial charge in [0.1, 0.15) is 11.6 Å². The second-order valence-corrected chi connectivity index (χ2v) is 5.06. The van der Waals surface area contributed by atoms with Crippen LogP contribution in [0.3, 0.4) is 0 Å². The Morgan fingerprint density at radius 2 is 1.84 bits per heavy atom. The van der Waals surface area contributed by atoms with E-state index in [4.69, 9.17) is 0 Å². The summed E-state index contributed by atoms with van der Waals surface area (Å²) in [7, 11) is 0. The number of nitro groups is 1. The number of nitro benzene ring substituents is 1. The van der Waals surface area contributed by atoms with E-state index in [0.717, 1.165) is 12.1 Å². The van der Waals surface area contributed by atoms with Crippen LogP contribution in [-0.2, 0) is 9.59 Å². The normalized spacial score (nSPS) is 11.0. The van der Waals surface area contributed by atoms with Crippen molar-refractivity contribution >= 4 is 28.8 Å². The van der Waals surface area contributed by atoms with Gasteiger partial charge in [-0.2, -0.15) is 0 Å². The second-order valence-electron chi connectivity index (χ2n) is 5.06. The van der Waals surface area contributed by atoms with Crippen LogP contribution in [0.15, 0.2) is 48.5 Å². The molecule has 0 aliphatic heterocycles. The van der Waals surface area contributed by atoms with E-state index in [1.165, 1.54) is 37.3 Å². The van der Waals surface area contributed by atoms with Crippen LogP contribution in [0.1, 0.15) is 11.1 Å². The number of carbonyl (C=O) groups excluding carboxylic acids is 2. The number of nitrogens with zero attached hydrogens (tertiary/aromatic N) is 1. The van der Waals surface area contributed by atoms with Gasteiger partial charge < -0.3 is 10.4 Å². The predicted molar refractivity (Wildman–Crippen MR) is 88.5 cm³/mol. The molecular weight excluding hydrogens is 331 g/mol. The lowest BCUT2D eigenvalue weighted by Gasteiger charge is -2.07. The first-order valence-electron chi connectivity index (χ1n) is 7.05. The Morgan fingerprint density at radius 1 is 1.20 bits per heavy atom. The molecular formula is C17H13FN2O5. The highest BCUT2D eigenvalue weighted by Gasteiger charge is 2.18. The molecule has 2 aromatic rings. The maximum Gasteiger partial charge on any atom is 0.296 e. The van der Waals surface area contributed by atoms with Crippen LogP contribution in [-0.4, -0.2) is 21.7 Å². The van der Waals surface area contributed by atoms with Gasteiger partial charge in [0.05, 0.1) is 16.2 Å². The lowest BCUT2D eigenvalue weighted by Crippen LogP contribution is -2.21. The van der Waals surface area contributed by atoms with Crippen molar-refractivity contribution in [2.75, 3.05) is 5.32 Å². The molecule has 0 saturated carbocycles. The first-order valence-corrected chi connectivity index (χ1v) is 7.05. The van der Waals surface area contributed by atoms with Gasteiger partial charge in [0, 0.05) is 17.7 Å². The molecule has 2 aromatic carbocycles. The van der Waals surface area contributed by atoms with Gasteiger partial charge >= 0.3 is 0 Å². The Kier molecular flexibility index (Phi) is 5.23. The maximum atomic E-state index is 12.8. The molecule has 0 aromatic heterocycles. The number of halogens is 1. The lowest BCUT2D eigenvalue weighted by molar-refractivity contribution is -0.385. The molecule has 25 heavy (non-hydrogen) atoms. The molecule has 0 aliphatic carbocycles. The largest absolute Gasteiger partial charge is 0.507 e. The molecule has 7 nitrogen and oxygen atoms in total. The van der Waals surface area contributed by atoms with Crippen molar-refractivity contribution < 1.29 is 24.0 Å². The minimum Gasteiger partial charge on any atom is -0.507 e. The van der Waals surface area contributed by atoms with Gasteiger partial charge in [-0.25, -0.2) is 4.39 Å². The fraction of sp³-hybridized carbons (Fsp3) is 0.0588. The monoisotopic (exact) mass is 344 g/mol. The van der Waals surface area contributed by atoms with E-state index >= 15 is 0 Å². The molecule has 0 heterocycles. The van der Waals surface area contributed by atoms with Crippen LogP contribution < -0.4 is 5.32 Å². The maximum absolute atomic E-state index is 12.8. The smallest absolute Gasteiger partial charge is 0.296 e. The molecule has 0 unspecified atom stereocenters. The Balaban J connectivity index is 2.17. The highest BCUT2D eigenvalue weighted by molar-refractivity contribution is 6.45. The summed E-state index contributed by atoms with van der Waals surface area (Å²) in [6.07, 6.45) is 0.690. The molecule has 0 bridgehead atoms. The minimum atomic E-state index is -1.07. The predicted octanol–water partition coefficient (Wildman–Crippen LogP) is 3.15. The summed E-state index contributed by atoms with van der Waals surface area (Å²) >= 11 is 0. The Hall–Kier alpha value is -3.55. The zero-order chi connectivity index (χ0) is 18.6. The first-order chi connectivity index (χ1) is 11.8. The van der Waals surface area contributed by atoms with E-state index in [2.05, 4.69) is 5.32 Å². The van der Waals surface area contributed by atoms with Crippen molar-refractivity contribution in [3.63, 3.8) is 0 Å². The van der Waals surface area contributed by atoms with Crippen molar-refractivity contribution in [3.05, 3.63) is 75.6 Å². The van der Waals surface area contributed by atoms with Crippen LogP contribution in [0.5, 0.6) is 0 Å². The van der Waals surface area contributed by atoms with Crippen LogP contribution in [0.25, 0.3) is 5.76 Å². The molecule has 2 N–H and O–H groups in total. The van der Waals surface area contributed by atoms with Gasteiger partial charge in [-0.1, -0.05) is 6.07 Å². The number of nitrogens with one attached hydrogen (secondary N) is 1. The molecule has 0 aliphatic rings. The fourth-order valence-corrected chi connectivity index (χ4v) is 2.03. The van der Waals surface area contributed by atoms with Crippen LogP contribution in [0, 0.1) is 22.9 Å². The van der Waals surface area contributed by atoms with E-state index in [1.54, 1.807) is 0 Å². The number of ketones is 1. The fourth-order valence-electron chi connectivity index (χ4n) is 2.03. The Bertz CT molecular complexity index is 875. The average Bonchev–Trinajstić information content (AvgIpc) is 2.56. The number of aliphatic hydroxyl groups excluding tert-OH is 1. The quantitative estimate of drug-likeness (QED) is 0.285. The summed E-state index contributed by atoms with van der Waals surface area (Å²) in [4.78, 5) is 34.1. The van der Waals surface area contributed by atoms with Crippen molar-refractivity contribution in [3.8, 4) is 0 Å². The number of carbonyl (C=O) groups is 2. The van der Waals surface area contributed by atoms with Crippen molar-refractivity contribution in [2.24, 2.45) is 0 Å². The first kappa shape index (κ1) is 17.8. The highest BCUT2D eigenvalue weighted by Crippen LogP contribution is 2.25. The molecule has 1 amide bonds. The molecule has 0 radical (unpaired) electrons. The number of amides is 1. The zero-order valence-corrected chi connectivity index (χ0v) is 13.0. The summed E-state index contributed by atoms with van der Waals surface area (Å²) in [6, 6.07) is 8.74. The summed E-state index contributed by atoms with van der Waals surface area (Å²) in [5, 5.41) is 23.0. The van der Waals surface area contributed by atoms with Crippen LogP contribution in [0.2, 0.25) is 0 Å². The van der Waals surface area contributed by atoms with Crippen molar-refractivity contribution in [1.29, 1.82) is 0 Å².